The van der Waals surface area contributed by atoms with Crippen molar-refractivity contribution >= 4 is 11.8 Å². The van der Waals surface area contributed by atoms with E-state index in [-0.39, 0.29) is 43.0 Å². The Bertz CT molecular complexity index is 1020. The molecular formula is C25H25FN2O3. The van der Waals surface area contributed by atoms with Crippen LogP contribution < -0.4 is 0 Å². The average molecular weight is 420 g/mol. The molecule has 3 atom stereocenters. The minimum atomic E-state index is -0.412. The molecule has 160 valence electrons. The van der Waals surface area contributed by atoms with Gasteiger partial charge in [-0.1, -0.05) is 30.9 Å². The number of carbonyl (C=O) groups excluding carboxylic acids is 2. The zero-order valence-electron chi connectivity index (χ0n) is 17.4. The van der Waals surface area contributed by atoms with E-state index in [4.69, 9.17) is 0 Å². The summed E-state index contributed by atoms with van der Waals surface area (Å²) in [5.41, 5.74) is 2.30. The molecule has 2 aliphatic rings. The van der Waals surface area contributed by atoms with Gasteiger partial charge >= 0.3 is 0 Å². The monoisotopic (exact) mass is 420 g/mol. The summed E-state index contributed by atoms with van der Waals surface area (Å²) in [5.74, 6) is 5.32. The topological polar surface area (TPSA) is 60.9 Å². The van der Waals surface area contributed by atoms with Crippen LogP contribution in [0.1, 0.15) is 47.2 Å². The number of hydrogen-bond acceptors (Lipinski definition) is 3. The maximum absolute atomic E-state index is 13.2. The van der Waals surface area contributed by atoms with Crippen molar-refractivity contribution in [3.63, 3.8) is 0 Å². The molecule has 0 aromatic heterocycles. The summed E-state index contributed by atoms with van der Waals surface area (Å²) in [6, 6.07) is 12.8. The highest BCUT2D eigenvalue weighted by atomic mass is 19.1. The van der Waals surface area contributed by atoms with Crippen molar-refractivity contribution in [2.75, 3.05) is 19.7 Å². The number of fused-ring (bicyclic) bond motifs is 1. The van der Waals surface area contributed by atoms with Gasteiger partial charge in [-0.15, -0.1) is 0 Å². The average Bonchev–Trinajstić information content (AvgIpc) is 2.76. The van der Waals surface area contributed by atoms with Crippen LogP contribution in [-0.2, 0) is 4.79 Å². The summed E-state index contributed by atoms with van der Waals surface area (Å²) in [7, 11) is 0. The van der Waals surface area contributed by atoms with Crippen molar-refractivity contribution in [2.45, 2.75) is 37.8 Å². The van der Waals surface area contributed by atoms with Gasteiger partial charge in [-0.25, -0.2) is 4.39 Å². The minimum absolute atomic E-state index is 0.0398. The molecule has 0 unspecified atom stereocenters. The zero-order valence-corrected chi connectivity index (χ0v) is 17.4. The number of unbranched alkanes of at least 4 members (excludes halogenated alkanes) is 1. The number of hydrogen-bond donors (Lipinski definition) is 1. The van der Waals surface area contributed by atoms with Crippen molar-refractivity contribution in [1.82, 2.24) is 9.80 Å². The lowest BCUT2D eigenvalue weighted by atomic mass is 9.73. The molecule has 0 saturated carbocycles. The van der Waals surface area contributed by atoms with Crippen LogP contribution in [0, 0.1) is 17.7 Å². The number of carbonyl (C=O) groups is 2. The first-order valence-corrected chi connectivity index (χ1v) is 10.6. The molecule has 1 N–H and O–H groups in total. The highest BCUT2D eigenvalue weighted by Crippen LogP contribution is 2.43. The third kappa shape index (κ3) is 4.06. The molecule has 2 heterocycles. The highest BCUT2D eigenvalue weighted by molar-refractivity contribution is 5.97. The molecular weight excluding hydrogens is 395 g/mol. The first-order chi connectivity index (χ1) is 15.0. The second-order valence-corrected chi connectivity index (χ2v) is 8.01. The van der Waals surface area contributed by atoms with Crippen LogP contribution in [0.15, 0.2) is 48.5 Å². The smallest absolute Gasteiger partial charge is 0.254 e. The molecule has 2 amide bonds. The molecule has 2 aromatic rings. The largest absolute Gasteiger partial charge is 0.394 e. The van der Waals surface area contributed by atoms with Crippen LogP contribution in [0.3, 0.4) is 0 Å². The fourth-order valence-corrected chi connectivity index (χ4v) is 4.51. The molecule has 6 heteroatoms. The Hall–Kier alpha value is -3.17. The minimum Gasteiger partial charge on any atom is -0.394 e. The van der Waals surface area contributed by atoms with E-state index >= 15 is 0 Å². The van der Waals surface area contributed by atoms with Crippen LogP contribution in [0.2, 0.25) is 0 Å². The maximum atomic E-state index is 13.2. The fourth-order valence-electron chi connectivity index (χ4n) is 4.51. The third-order valence-electron chi connectivity index (χ3n) is 6.03. The first-order valence-electron chi connectivity index (χ1n) is 10.6. The van der Waals surface area contributed by atoms with E-state index in [1.807, 2.05) is 24.3 Å². The van der Waals surface area contributed by atoms with E-state index in [1.165, 1.54) is 29.2 Å². The van der Waals surface area contributed by atoms with E-state index in [9.17, 15) is 19.1 Å². The van der Waals surface area contributed by atoms with E-state index < -0.39 is 5.82 Å². The van der Waals surface area contributed by atoms with E-state index in [0.717, 1.165) is 24.0 Å². The summed E-state index contributed by atoms with van der Waals surface area (Å²) < 4.78 is 13.2. The molecule has 0 bridgehead atoms. The Balaban J connectivity index is 1.53. The lowest BCUT2D eigenvalue weighted by Crippen LogP contribution is -2.73. The summed E-state index contributed by atoms with van der Waals surface area (Å²) in [5, 5.41) is 9.92. The van der Waals surface area contributed by atoms with Gasteiger partial charge in [-0.3, -0.25) is 9.59 Å². The number of aliphatic hydroxyl groups is 1. The SMILES string of the molecule is CCCC#Cc1ccc([C@@H]2[C@H]3CN(C(=O)c4ccc(F)cc4)CC(=O)N3[C@H]2CO)cc1. The number of aliphatic hydroxyl groups excluding tert-OH is 1. The van der Waals surface area contributed by atoms with Gasteiger partial charge in [-0.2, -0.15) is 0 Å². The van der Waals surface area contributed by atoms with Crippen molar-refractivity contribution in [2.24, 2.45) is 0 Å². The lowest BCUT2D eigenvalue weighted by Gasteiger charge is -2.58. The fraction of sp³-hybridized carbons (Fsp3) is 0.360. The molecule has 0 spiro atoms. The van der Waals surface area contributed by atoms with E-state index in [0.29, 0.717) is 12.1 Å². The summed E-state index contributed by atoms with van der Waals surface area (Å²) in [6.07, 6.45) is 1.87. The van der Waals surface area contributed by atoms with Gasteiger partial charge in [-0.05, 0) is 48.4 Å². The normalized spacial score (nSPS) is 22.3. The quantitative estimate of drug-likeness (QED) is 0.774. The molecule has 2 aliphatic heterocycles. The predicted octanol–water partition coefficient (Wildman–Crippen LogP) is 2.79. The van der Waals surface area contributed by atoms with Crippen molar-refractivity contribution in [3.8, 4) is 11.8 Å². The van der Waals surface area contributed by atoms with Gasteiger partial charge < -0.3 is 14.9 Å². The number of benzene rings is 2. The standard InChI is InChI=1S/C25H25FN2O3/c1-2-3-4-5-17-6-8-18(9-7-17)24-21-14-27(15-23(30)28(21)22(24)16-29)25(31)19-10-12-20(26)13-11-19/h6-13,21-22,24,29H,2-3,14-16H2,1H3/t21-,22+,24-/m1/s1. The summed E-state index contributed by atoms with van der Waals surface area (Å²) >= 11 is 0. The van der Waals surface area contributed by atoms with Crippen molar-refractivity contribution in [3.05, 3.63) is 71.0 Å². The number of piperazine rings is 1. The summed E-state index contributed by atoms with van der Waals surface area (Å²) in [6.45, 7) is 2.30. The van der Waals surface area contributed by atoms with Gasteiger partial charge in [0.25, 0.3) is 5.91 Å². The molecule has 5 nitrogen and oxygen atoms in total. The number of amides is 2. The zero-order chi connectivity index (χ0) is 22.0. The Morgan fingerprint density at radius 1 is 1.16 bits per heavy atom. The van der Waals surface area contributed by atoms with Gasteiger partial charge in [0.1, 0.15) is 12.4 Å². The number of rotatable bonds is 4. The molecule has 31 heavy (non-hydrogen) atoms. The highest BCUT2D eigenvalue weighted by Gasteiger charge is 2.54. The third-order valence-corrected chi connectivity index (χ3v) is 6.03. The summed E-state index contributed by atoms with van der Waals surface area (Å²) in [4.78, 5) is 28.8. The van der Waals surface area contributed by atoms with Crippen molar-refractivity contribution in [1.29, 1.82) is 0 Å². The molecule has 2 saturated heterocycles. The maximum Gasteiger partial charge on any atom is 0.254 e. The Labute approximate surface area is 181 Å². The molecule has 0 aliphatic carbocycles. The molecule has 4 rings (SSSR count). The van der Waals surface area contributed by atoms with Crippen molar-refractivity contribution < 1.29 is 19.1 Å². The van der Waals surface area contributed by atoms with Crippen LogP contribution in [0.4, 0.5) is 4.39 Å². The molecule has 2 fully saturated rings. The van der Waals surface area contributed by atoms with Gasteiger partial charge in [0.05, 0.1) is 18.7 Å². The van der Waals surface area contributed by atoms with E-state index in [2.05, 4.69) is 18.8 Å². The second-order valence-electron chi connectivity index (χ2n) is 8.01. The van der Waals surface area contributed by atoms with Gasteiger partial charge in [0, 0.05) is 30.0 Å². The predicted molar refractivity (Wildman–Crippen MR) is 115 cm³/mol. The first kappa shape index (κ1) is 21.1. The Kier molecular flexibility index (Phi) is 6.06. The molecule has 2 aromatic carbocycles. The number of nitrogens with zero attached hydrogens (tertiary/aromatic N) is 2. The number of halogens is 1. The van der Waals surface area contributed by atoms with Gasteiger partial charge in [0.15, 0.2) is 0 Å². The lowest BCUT2D eigenvalue weighted by molar-refractivity contribution is -0.159. The Morgan fingerprint density at radius 2 is 1.87 bits per heavy atom. The van der Waals surface area contributed by atoms with E-state index in [1.54, 1.807) is 4.90 Å². The molecule has 0 radical (unpaired) electrons. The Morgan fingerprint density at radius 3 is 2.52 bits per heavy atom. The van der Waals surface area contributed by atoms with Crippen LogP contribution in [0.5, 0.6) is 0 Å². The van der Waals surface area contributed by atoms with Gasteiger partial charge in [0.2, 0.25) is 5.91 Å². The van der Waals surface area contributed by atoms with Crippen LogP contribution in [-0.4, -0.2) is 58.5 Å². The van der Waals surface area contributed by atoms with Crippen LogP contribution >= 0.6 is 0 Å². The second kappa shape index (κ2) is 8.91. The van der Waals surface area contributed by atoms with Crippen LogP contribution in [0.25, 0.3) is 0 Å².